The van der Waals surface area contributed by atoms with E-state index < -0.39 is 17.6 Å². The van der Waals surface area contributed by atoms with Gasteiger partial charge in [0.1, 0.15) is 17.5 Å². The number of rotatable bonds is 6. The van der Waals surface area contributed by atoms with Crippen LogP contribution in [0.4, 0.5) is 13.2 Å². The van der Waals surface area contributed by atoms with Crippen molar-refractivity contribution in [1.29, 1.82) is 0 Å². The fraction of sp³-hybridized carbons (Fsp3) is 0.548. The molecule has 2 fully saturated rings. The molecule has 212 valence electrons. The summed E-state index contributed by atoms with van der Waals surface area (Å²) in [5, 5.41) is 2.87. The quantitative estimate of drug-likeness (QED) is 0.532. The molecule has 1 N–H and O–H groups in total. The van der Waals surface area contributed by atoms with Crippen molar-refractivity contribution in [1.82, 2.24) is 15.1 Å². The molecule has 2 heterocycles. The lowest BCUT2D eigenvalue weighted by Crippen LogP contribution is -2.44. The van der Waals surface area contributed by atoms with Gasteiger partial charge in [0.2, 0.25) is 11.8 Å². The topological polar surface area (TPSA) is 52.7 Å². The number of nitrogens with zero attached hydrogens (tertiary/aromatic N) is 2. The van der Waals surface area contributed by atoms with Gasteiger partial charge in [0.05, 0.1) is 5.92 Å². The van der Waals surface area contributed by atoms with Crippen LogP contribution in [0.15, 0.2) is 36.4 Å². The van der Waals surface area contributed by atoms with E-state index >= 15 is 0 Å². The van der Waals surface area contributed by atoms with Crippen molar-refractivity contribution in [2.24, 2.45) is 5.92 Å². The van der Waals surface area contributed by atoms with Crippen LogP contribution in [0.2, 0.25) is 0 Å². The van der Waals surface area contributed by atoms with E-state index in [4.69, 9.17) is 0 Å². The maximum atomic E-state index is 14.8. The number of carbonyl (C=O) groups excluding carboxylic acids is 2. The average Bonchev–Trinajstić information content (AvgIpc) is 3.29. The van der Waals surface area contributed by atoms with Crippen molar-refractivity contribution in [2.45, 2.75) is 77.3 Å². The molecule has 0 spiro atoms. The normalized spacial score (nSPS) is 21.7. The monoisotopic (exact) mass is 543 g/mol. The van der Waals surface area contributed by atoms with E-state index in [1.807, 2.05) is 17.9 Å². The summed E-state index contributed by atoms with van der Waals surface area (Å²) in [7, 11) is 0. The highest BCUT2D eigenvalue weighted by Gasteiger charge is 2.44. The highest BCUT2D eigenvalue weighted by molar-refractivity contribution is 5.81. The van der Waals surface area contributed by atoms with E-state index in [0.717, 1.165) is 30.0 Å². The Balaban J connectivity index is 1.49. The van der Waals surface area contributed by atoms with Crippen molar-refractivity contribution in [2.75, 3.05) is 26.2 Å². The SMILES string of the molecule is CC(=O)NC(C)Cc1cc(F)ccc1C1CCN(C(=O)C2CN(C(C)(C)C)CC2c2ccc(F)cc2F)CC1. The first-order valence-electron chi connectivity index (χ1n) is 13.9. The van der Waals surface area contributed by atoms with Crippen LogP contribution in [0.1, 0.15) is 76.0 Å². The zero-order valence-corrected chi connectivity index (χ0v) is 23.6. The van der Waals surface area contributed by atoms with Crippen LogP contribution in [0.3, 0.4) is 0 Å². The summed E-state index contributed by atoms with van der Waals surface area (Å²) >= 11 is 0. The average molecular weight is 544 g/mol. The standard InChI is InChI=1S/C31H40F3N3O2/c1-19(35-20(2)38)14-22-15-23(32)6-8-25(22)21-10-12-36(13-11-21)30(39)28-18-37(31(3,4)5)17-27(28)26-9-7-24(33)16-29(26)34/h6-9,15-16,19,21,27-28H,10-14,17-18H2,1-5H3,(H,35,38). The molecule has 8 heteroatoms. The molecule has 4 rings (SSSR count). The third kappa shape index (κ3) is 6.83. The van der Waals surface area contributed by atoms with Crippen LogP contribution in [0.25, 0.3) is 0 Å². The largest absolute Gasteiger partial charge is 0.354 e. The number of carbonyl (C=O) groups is 2. The molecule has 2 amide bonds. The number of amides is 2. The molecule has 0 radical (unpaired) electrons. The molecule has 2 aromatic rings. The van der Waals surface area contributed by atoms with Crippen LogP contribution < -0.4 is 5.32 Å². The van der Waals surface area contributed by atoms with Gasteiger partial charge in [-0.3, -0.25) is 14.5 Å². The summed E-state index contributed by atoms with van der Waals surface area (Å²) in [5.74, 6) is -2.25. The first kappa shape index (κ1) is 29.1. The van der Waals surface area contributed by atoms with Gasteiger partial charge in [-0.1, -0.05) is 12.1 Å². The van der Waals surface area contributed by atoms with Gasteiger partial charge in [0.25, 0.3) is 0 Å². The van der Waals surface area contributed by atoms with Gasteiger partial charge in [-0.05, 0) is 87.8 Å². The summed E-state index contributed by atoms with van der Waals surface area (Å²) in [6, 6.07) is 8.37. The van der Waals surface area contributed by atoms with Gasteiger partial charge in [-0.25, -0.2) is 13.2 Å². The van der Waals surface area contributed by atoms with Crippen molar-refractivity contribution in [3.8, 4) is 0 Å². The van der Waals surface area contributed by atoms with Crippen LogP contribution in [0, 0.1) is 23.4 Å². The Morgan fingerprint density at radius 2 is 1.59 bits per heavy atom. The van der Waals surface area contributed by atoms with Gasteiger partial charge in [-0.2, -0.15) is 0 Å². The van der Waals surface area contributed by atoms with Gasteiger partial charge in [0, 0.05) is 56.7 Å². The minimum absolute atomic E-state index is 0.00698. The molecule has 2 aliphatic rings. The third-order valence-electron chi connectivity index (χ3n) is 8.27. The van der Waals surface area contributed by atoms with E-state index in [9.17, 15) is 22.8 Å². The van der Waals surface area contributed by atoms with Crippen molar-refractivity contribution >= 4 is 11.8 Å². The number of likely N-dealkylation sites (tertiary alicyclic amines) is 2. The first-order valence-corrected chi connectivity index (χ1v) is 13.9. The Morgan fingerprint density at radius 1 is 0.974 bits per heavy atom. The predicted octanol–water partition coefficient (Wildman–Crippen LogP) is 5.39. The zero-order chi connectivity index (χ0) is 28.5. The number of piperidine rings is 1. The van der Waals surface area contributed by atoms with E-state index in [0.29, 0.717) is 38.2 Å². The smallest absolute Gasteiger partial charge is 0.227 e. The molecule has 2 aliphatic heterocycles. The molecular formula is C31H40F3N3O2. The van der Waals surface area contributed by atoms with Crippen molar-refractivity contribution in [3.05, 3.63) is 70.5 Å². The molecule has 0 aliphatic carbocycles. The van der Waals surface area contributed by atoms with E-state index in [1.165, 1.54) is 25.1 Å². The van der Waals surface area contributed by atoms with Crippen molar-refractivity contribution in [3.63, 3.8) is 0 Å². The lowest BCUT2D eigenvalue weighted by molar-refractivity contribution is -0.136. The van der Waals surface area contributed by atoms with Gasteiger partial charge < -0.3 is 10.2 Å². The van der Waals surface area contributed by atoms with E-state index in [2.05, 4.69) is 31.0 Å². The fourth-order valence-electron chi connectivity index (χ4n) is 6.24. The zero-order valence-electron chi connectivity index (χ0n) is 23.6. The Kier molecular flexibility index (Phi) is 8.74. The van der Waals surface area contributed by atoms with Crippen LogP contribution in [-0.4, -0.2) is 59.4 Å². The van der Waals surface area contributed by atoms with Crippen LogP contribution >= 0.6 is 0 Å². The second-order valence-electron chi connectivity index (χ2n) is 12.2. The number of nitrogens with one attached hydrogen (secondary N) is 1. The fourth-order valence-corrected chi connectivity index (χ4v) is 6.24. The first-order chi connectivity index (χ1) is 18.3. The van der Waals surface area contributed by atoms with Gasteiger partial charge in [-0.15, -0.1) is 0 Å². The molecule has 0 bridgehead atoms. The molecule has 5 nitrogen and oxygen atoms in total. The Morgan fingerprint density at radius 3 is 2.18 bits per heavy atom. The van der Waals surface area contributed by atoms with E-state index in [-0.39, 0.29) is 41.0 Å². The van der Waals surface area contributed by atoms with Crippen LogP contribution in [-0.2, 0) is 16.0 Å². The van der Waals surface area contributed by atoms with Crippen molar-refractivity contribution < 1.29 is 22.8 Å². The molecule has 2 aromatic carbocycles. The number of benzene rings is 2. The Hall–Kier alpha value is -2.87. The molecular weight excluding hydrogens is 503 g/mol. The minimum atomic E-state index is -0.626. The highest BCUT2D eigenvalue weighted by Crippen LogP contribution is 2.40. The Labute approximate surface area is 229 Å². The molecule has 0 saturated carbocycles. The van der Waals surface area contributed by atoms with Gasteiger partial charge in [0.15, 0.2) is 0 Å². The molecule has 3 atom stereocenters. The molecule has 3 unspecified atom stereocenters. The second-order valence-corrected chi connectivity index (χ2v) is 12.2. The van der Waals surface area contributed by atoms with Crippen LogP contribution in [0.5, 0.6) is 0 Å². The summed E-state index contributed by atoms with van der Waals surface area (Å²) in [6.45, 7) is 11.8. The van der Waals surface area contributed by atoms with E-state index in [1.54, 1.807) is 6.07 Å². The number of hydrogen-bond donors (Lipinski definition) is 1. The maximum absolute atomic E-state index is 14.8. The predicted molar refractivity (Wildman–Crippen MR) is 146 cm³/mol. The maximum Gasteiger partial charge on any atom is 0.227 e. The van der Waals surface area contributed by atoms with Gasteiger partial charge >= 0.3 is 0 Å². The molecule has 39 heavy (non-hydrogen) atoms. The summed E-state index contributed by atoms with van der Waals surface area (Å²) < 4.78 is 42.6. The molecule has 2 saturated heterocycles. The third-order valence-corrected chi connectivity index (χ3v) is 8.27. The molecule has 0 aromatic heterocycles. The second kappa shape index (κ2) is 11.7. The Bertz CT molecular complexity index is 1200. The lowest BCUT2D eigenvalue weighted by atomic mass is 9.83. The highest BCUT2D eigenvalue weighted by atomic mass is 19.1. The number of hydrogen-bond acceptors (Lipinski definition) is 3. The number of halogens is 3. The summed E-state index contributed by atoms with van der Waals surface area (Å²) in [6.07, 6.45) is 2.01. The summed E-state index contributed by atoms with van der Waals surface area (Å²) in [5.41, 5.74) is 2.14. The minimum Gasteiger partial charge on any atom is -0.354 e. The summed E-state index contributed by atoms with van der Waals surface area (Å²) in [4.78, 5) is 29.4. The lowest BCUT2D eigenvalue weighted by Gasteiger charge is -2.36.